The number of alkyl carbamates (subject to hydrolysis) is 1. The Morgan fingerprint density at radius 3 is 3.11 bits per heavy atom. The van der Waals surface area contributed by atoms with Gasteiger partial charge < -0.3 is 19.9 Å². The van der Waals surface area contributed by atoms with Crippen LogP contribution in [0.4, 0.5) is 4.79 Å². The van der Waals surface area contributed by atoms with Gasteiger partial charge in [-0.05, 0) is 20.8 Å². The quantitative estimate of drug-likeness (QED) is 0.824. The number of imidazole rings is 1. The van der Waals surface area contributed by atoms with Crippen LogP contribution in [0.2, 0.25) is 0 Å². The Labute approximate surface area is 107 Å². The van der Waals surface area contributed by atoms with Crippen molar-refractivity contribution < 1.29 is 9.53 Å². The number of carbonyl (C=O) groups is 1. The zero-order valence-corrected chi connectivity index (χ0v) is 11.1. The largest absolute Gasteiger partial charge is 0.444 e. The van der Waals surface area contributed by atoms with Crippen LogP contribution in [0.1, 0.15) is 32.2 Å². The maximum atomic E-state index is 11.5. The average Bonchev–Trinajstić information content (AvgIpc) is 2.67. The fourth-order valence-electron chi connectivity index (χ4n) is 1.87. The highest BCUT2D eigenvalue weighted by Crippen LogP contribution is 2.11. The van der Waals surface area contributed by atoms with Crippen LogP contribution in [0.3, 0.4) is 0 Å². The van der Waals surface area contributed by atoms with Crippen LogP contribution in [0.5, 0.6) is 0 Å². The van der Waals surface area contributed by atoms with Crippen molar-refractivity contribution in [2.75, 3.05) is 6.54 Å². The third-order valence-corrected chi connectivity index (χ3v) is 2.65. The first-order valence-electron chi connectivity index (χ1n) is 6.16. The molecule has 1 amide bonds. The predicted molar refractivity (Wildman–Crippen MR) is 67.0 cm³/mol. The highest BCUT2D eigenvalue weighted by molar-refractivity contribution is 5.67. The first-order valence-corrected chi connectivity index (χ1v) is 6.16. The van der Waals surface area contributed by atoms with Crippen LogP contribution in [0.15, 0.2) is 6.33 Å². The summed E-state index contributed by atoms with van der Waals surface area (Å²) in [5.74, 6) is 0. The summed E-state index contributed by atoms with van der Waals surface area (Å²) in [5, 5.41) is 6.02. The lowest BCUT2D eigenvalue weighted by Crippen LogP contribution is -2.33. The summed E-state index contributed by atoms with van der Waals surface area (Å²) in [4.78, 5) is 15.9. The molecule has 6 nitrogen and oxygen atoms in total. The standard InChI is InChI=1S/C12H20N4O2/c1-12(2,3)18-11(17)14-6-9-10-7-13-4-5-16(10)8-15-9/h8,13H,4-7H2,1-3H3,(H,14,17). The van der Waals surface area contributed by atoms with Crippen LogP contribution >= 0.6 is 0 Å². The Balaban J connectivity index is 1.91. The van der Waals surface area contributed by atoms with Crippen molar-refractivity contribution in [1.82, 2.24) is 20.2 Å². The van der Waals surface area contributed by atoms with E-state index in [2.05, 4.69) is 20.2 Å². The first kappa shape index (κ1) is 12.9. The smallest absolute Gasteiger partial charge is 0.407 e. The van der Waals surface area contributed by atoms with E-state index in [9.17, 15) is 4.79 Å². The van der Waals surface area contributed by atoms with Gasteiger partial charge in [-0.3, -0.25) is 0 Å². The number of aromatic nitrogens is 2. The molecule has 1 aromatic rings. The zero-order chi connectivity index (χ0) is 13.2. The molecule has 6 heteroatoms. The third kappa shape index (κ3) is 3.22. The lowest BCUT2D eigenvalue weighted by Gasteiger charge is -2.20. The van der Waals surface area contributed by atoms with Crippen LogP contribution < -0.4 is 10.6 Å². The highest BCUT2D eigenvalue weighted by atomic mass is 16.6. The van der Waals surface area contributed by atoms with E-state index in [1.165, 1.54) is 0 Å². The number of ether oxygens (including phenoxy) is 1. The van der Waals surface area contributed by atoms with Gasteiger partial charge in [0.2, 0.25) is 0 Å². The van der Waals surface area contributed by atoms with E-state index in [4.69, 9.17) is 4.74 Å². The van der Waals surface area contributed by atoms with Crippen molar-refractivity contribution in [2.45, 2.75) is 46.0 Å². The van der Waals surface area contributed by atoms with Gasteiger partial charge in [-0.1, -0.05) is 0 Å². The lowest BCUT2D eigenvalue weighted by molar-refractivity contribution is 0.0523. The van der Waals surface area contributed by atoms with Crippen molar-refractivity contribution >= 4 is 6.09 Å². The van der Waals surface area contributed by atoms with E-state index in [-0.39, 0.29) is 0 Å². The molecule has 1 aliphatic heterocycles. The minimum absolute atomic E-state index is 0.402. The molecule has 0 aromatic carbocycles. The van der Waals surface area contributed by atoms with Crippen molar-refractivity contribution in [3.8, 4) is 0 Å². The summed E-state index contributed by atoms with van der Waals surface area (Å²) in [6.07, 6.45) is 1.41. The SMILES string of the molecule is CC(C)(C)OC(=O)NCc1ncn2c1CNCC2. The second kappa shape index (κ2) is 4.97. The van der Waals surface area contributed by atoms with Crippen LogP contribution in [-0.4, -0.2) is 27.8 Å². The van der Waals surface area contributed by atoms with Gasteiger partial charge >= 0.3 is 6.09 Å². The normalized spacial score (nSPS) is 15.1. The van der Waals surface area contributed by atoms with Gasteiger partial charge in [-0.15, -0.1) is 0 Å². The van der Waals surface area contributed by atoms with Gasteiger partial charge in [0.05, 0.1) is 24.3 Å². The van der Waals surface area contributed by atoms with Gasteiger partial charge in [0.25, 0.3) is 0 Å². The summed E-state index contributed by atoms with van der Waals surface area (Å²) in [7, 11) is 0. The fraction of sp³-hybridized carbons (Fsp3) is 0.667. The second-order valence-corrected chi connectivity index (χ2v) is 5.36. The van der Waals surface area contributed by atoms with Crippen molar-refractivity contribution in [1.29, 1.82) is 0 Å². The Kier molecular flexibility index (Phi) is 3.56. The predicted octanol–water partition coefficient (Wildman–Crippen LogP) is 1.01. The zero-order valence-electron chi connectivity index (χ0n) is 11.1. The number of hydrogen-bond donors (Lipinski definition) is 2. The van der Waals surface area contributed by atoms with E-state index in [0.29, 0.717) is 6.54 Å². The number of rotatable bonds is 2. The van der Waals surface area contributed by atoms with Gasteiger partial charge in [0, 0.05) is 19.6 Å². The van der Waals surface area contributed by atoms with Gasteiger partial charge in [-0.25, -0.2) is 9.78 Å². The molecule has 2 heterocycles. The summed E-state index contributed by atoms with van der Waals surface area (Å²) >= 11 is 0. The Hall–Kier alpha value is -1.56. The summed E-state index contributed by atoms with van der Waals surface area (Å²) in [6.45, 7) is 8.61. The van der Waals surface area contributed by atoms with Gasteiger partial charge in [0.15, 0.2) is 0 Å². The summed E-state index contributed by atoms with van der Waals surface area (Å²) < 4.78 is 7.29. The lowest BCUT2D eigenvalue weighted by atomic mass is 10.2. The van der Waals surface area contributed by atoms with Crippen LogP contribution in [0, 0.1) is 0 Å². The Morgan fingerprint density at radius 1 is 1.61 bits per heavy atom. The van der Waals surface area contributed by atoms with E-state index in [1.54, 1.807) is 0 Å². The van der Waals surface area contributed by atoms with Crippen LogP contribution in [0.25, 0.3) is 0 Å². The van der Waals surface area contributed by atoms with Gasteiger partial charge in [-0.2, -0.15) is 0 Å². The molecule has 0 unspecified atom stereocenters. The fourth-order valence-corrected chi connectivity index (χ4v) is 1.87. The maximum Gasteiger partial charge on any atom is 0.407 e. The van der Waals surface area contributed by atoms with E-state index in [0.717, 1.165) is 31.0 Å². The average molecular weight is 252 g/mol. The molecule has 2 rings (SSSR count). The molecule has 18 heavy (non-hydrogen) atoms. The van der Waals surface area contributed by atoms with E-state index in [1.807, 2.05) is 27.1 Å². The van der Waals surface area contributed by atoms with Crippen molar-refractivity contribution in [3.05, 3.63) is 17.7 Å². The molecular weight excluding hydrogens is 232 g/mol. The molecule has 2 N–H and O–H groups in total. The number of amides is 1. The molecule has 0 spiro atoms. The molecular formula is C12H20N4O2. The monoisotopic (exact) mass is 252 g/mol. The van der Waals surface area contributed by atoms with Crippen molar-refractivity contribution in [3.63, 3.8) is 0 Å². The molecule has 0 saturated heterocycles. The van der Waals surface area contributed by atoms with E-state index < -0.39 is 11.7 Å². The maximum absolute atomic E-state index is 11.5. The number of hydrogen-bond acceptors (Lipinski definition) is 4. The Morgan fingerprint density at radius 2 is 2.39 bits per heavy atom. The summed E-state index contributed by atoms with van der Waals surface area (Å²) in [6, 6.07) is 0. The third-order valence-electron chi connectivity index (χ3n) is 2.65. The number of nitrogens with one attached hydrogen (secondary N) is 2. The Bertz CT molecular complexity index is 434. The molecule has 0 atom stereocenters. The summed E-state index contributed by atoms with van der Waals surface area (Å²) in [5.41, 5.74) is 1.56. The van der Waals surface area contributed by atoms with Crippen LogP contribution in [-0.2, 0) is 24.4 Å². The second-order valence-electron chi connectivity index (χ2n) is 5.36. The molecule has 0 saturated carbocycles. The molecule has 0 fully saturated rings. The first-order chi connectivity index (χ1) is 8.46. The number of fused-ring (bicyclic) bond motifs is 1. The number of nitrogens with zero attached hydrogens (tertiary/aromatic N) is 2. The number of carbonyl (C=O) groups excluding carboxylic acids is 1. The van der Waals surface area contributed by atoms with Gasteiger partial charge in [0.1, 0.15) is 5.60 Å². The van der Waals surface area contributed by atoms with E-state index >= 15 is 0 Å². The molecule has 0 aliphatic carbocycles. The molecule has 100 valence electrons. The topological polar surface area (TPSA) is 68.2 Å². The molecule has 0 bridgehead atoms. The minimum Gasteiger partial charge on any atom is -0.444 e. The molecule has 0 radical (unpaired) electrons. The highest BCUT2D eigenvalue weighted by Gasteiger charge is 2.18. The minimum atomic E-state index is -0.473. The molecule has 1 aromatic heterocycles. The molecule has 1 aliphatic rings. The van der Waals surface area contributed by atoms with Crippen molar-refractivity contribution in [2.24, 2.45) is 0 Å².